The van der Waals surface area contributed by atoms with Gasteiger partial charge in [-0.15, -0.1) is 0 Å². The maximum absolute atomic E-state index is 11.4. The molecule has 1 N–H and O–H groups in total. The van der Waals surface area contributed by atoms with Crippen LogP contribution in [-0.2, 0) is 4.74 Å². The number of imidazole rings is 1. The number of fused-ring (bicyclic) bond motifs is 1. The Hall–Kier alpha value is -2.59. The molecule has 0 aliphatic heterocycles. The maximum atomic E-state index is 11.4. The molecule has 0 bridgehead atoms. The first-order valence-corrected chi connectivity index (χ1v) is 7.06. The fraction of sp³-hybridized carbons (Fsp3) is 0.0588. The first-order chi connectivity index (χ1) is 10.7. The van der Waals surface area contributed by atoms with E-state index in [4.69, 9.17) is 11.6 Å². The number of benzene rings is 2. The highest BCUT2D eigenvalue weighted by Crippen LogP contribution is 2.22. The average molecular weight is 313 g/mol. The third kappa shape index (κ3) is 2.87. The summed E-state index contributed by atoms with van der Waals surface area (Å²) >= 11 is 6.32. The van der Waals surface area contributed by atoms with Gasteiger partial charge in [0.25, 0.3) is 0 Å². The fourth-order valence-corrected chi connectivity index (χ4v) is 2.33. The molecule has 3 rings (SSSR count). The Balaban J connectivity index is 1.88. The topological polar surface area (TPSA) is 55.0 Å². The molecule has 4 nitrogen and oxygen atoms in total. The van der Waals surface area contributed by atoms with Gasteiger partial charge >= 0.3 is 5.97 Å². The fourth-order valence-electron chi connectivity index (χ4n) is 2.11. The monoisotopic (exact) mass is 312 g/mol. The molecule has 2 aromatic carbocycles. The number of nitrogens with zero attached hydrogens (tertiary/aromatic N) is 1. The van der Waals surface area contributed by atoms with Crippen molar-refractivity contribution in [3.05, 3.63) is 65.5 Å². The zero-order chi connectivity index (χ0) is 15.5. The van der Waals surface area contributed by atoms with Gasteiger partial charge in [0.05, 0.1) is 28.7 Å². The van der Waals surface area contributed by atoms with E-state index in [2.05, 4.69) is 14.7 Å². The number of nitrogens with one attached hydrogen (secondary N) is 1. The van der Waals surface area contributed by atoms with Crippen LogP contribution in [-0.4, -0.2) is 23.0 Å². The zero-order valence-electron chi connectivity index (χ0n) is 11.8. The summed E-state index contributed by atoms with van der Waals surface area (Å²) in [5.41, 5.74) is 3.17. The lowest BCUT2D eigenvalue weighted by Crippen LogP contribution is -2.00. The molecule has 0 aliphatic rings. The highest BCUT2D eigenvalue weighted by Gasteiger charge is 2.07. The summed E-state index contributed by atoms with van der Waals surface area (Å²) in [6.45, 7) is 0. The van der Waals surface area contributed by atoms with Crippen molar-refractivity contribution in [2.75, 3.05) is 7.11 Å². The van der Waals surface area contributed by atoms with Crippen LogP contribution in [0.1, 0.15) is 21.7 Å². The Labute approximate surface area is 132 Å². The Kier molecular flexibility index (Phi) is 3.94. The molecule has 0 aliphatic carbocycles. The molecule has 110 valence electrons. The molecule has 0 spiro atoms. The first-order valence-electron chi connectivity index (χ1n) is 6.68. The van der Waals surface area contributed by atoms with E-state index in [1.54, 1.807) is 30.3 Å². The van der Waals surface area contributed by atoms with E-state index in [1.807, 2.05) is 24.3 Å². The number of H-pyrrole nitrogens is 1. The number of methoxy groups -OCH3 is 1. The van der Waals surface area contributed by atoms with Crippen LogP contribution < -0.4 is 0 Å². The van der Waals surface area contributed by atoms with Crippen LogP contribution >= 0.6 is 11.6 Å². The van der Waals surface area contributed by atoms with Crippen molar-refractivity contribution in [3.8, 4) is 0 Å². The van der Waals surface area contributed by atoms with Crippen molar-refractivity contribution >= 4 is 39.7 Å². The van der Waals surface area contributed by atoms with E-state index >= 15 is 0 Å². The lowest BCUT2D eigenvalue weighted by Gasteiger charge is -2.00. The number of rotatable bonds is 3. The van der Waals surface area contributed by atoms with Gasteiger partial charge in [0.1, 0.15) is 5.82 Å². The van der Waals surface area contributed by atoms with E-state index in [1.165, 1.54) is 7.11 Å². The van der Waals surface area contributed by atoms with Crippen LogP contribution in [0.25, 0.3) is 22.1 Å². The molecule has 0 unspecified atom stereocenters. The number of hydrogen-bond acceptors (Lipinski definition) is 3. The summed E-state index contributed by atoms with van der Waals surface area (Å²) in [4.78, 5) is 19.0. The standard InChI is InChI=1S/C17H13ClN2O2/c1-22-17(21)12-8-6-11(7-9-12)10-13(18)16-19-14-4-2-3-5-15(14)20-16/h2-10H,1H3,(H,19,20). The van der Waals surface area contributed by atoms with Crippen LogP contribution in [0, 0.1) is 0 Å². The minimum absolute atomic E-state index is 0.362. The van der Waals surface area contributed by atoms with E-state index < -0.39 is 0 Å². The summed E-state index contributed by atoms with van der Waals surface area (Å²) in [5.74, 6) is 0.249. The highest BCUT2D eigenvalue weighted by atomic mass is 35.5. The van der Waals surface area contributed by atoms with Gasteiger partial charge in [0.2, 0.25) is 0 Å². The molecular formula is C17H13ClN2O2. The van der Waals surface area contributed by atoms with Gasteiger partial charge in [-0.25, -0.2) is 9.78 Å². The molecule has 5 heteroatoms. The van der Waals surface area contributed by atoms with Gasteiger partial charge in [-0.2, -0.15) is 0 Å². The first kappa shape index (κ1) is 14.4. The van der Waals surface area contributed by atoms with Gasteiger partial charge in [-0.05, 0) is 35.9 Å². The summed E-state index contributed by atoms with van der Waals surface area (Å²) in [6.07, 6.45) is 1.79. The highest BCUT2D eigenvalue weighted by molar-refractivity contribution is 6.50. The Morgan fingerprint density at radius 2 is 1.91 bits per heavy atom. The van der Waals surface area contributed by atoms with E-state index in [9.17, 15) is 4.79 Å². The van der Waals surface area contributed by atoms with E-state index in [-0.39, 0.29) is 5.97 Å². The second-order valence-corrected chi connectivity index (χ2v) is 5.12. The molecule has 0 atom stereocenters. The second kappa shape index (κ2) is 6.03. The number of halogens is 1. The molecule has 0 saturated carbocycles. The van der Waals surface area contributed by atoms with Gasteiger partial charge in [0.15, 0.2) is 0 Å². The summed E-state index contributed by atoms with van der Waals surface area (Å²) < 4.78 is 4.66. The molecule has 0 fully saturated rings. The molecule has 0 amide bonds. The van der Waals surface area contributed by atoms with Gasteiger partial charge in [-0.3, -0.25) is 0 Å². The third-order valence-corrected chi connectivity index (χ3v) is 3.53. The number of hydrogen-bond donors (Lipinski definition) is 1. The SMILES string of the molecule is COC(=O)c1ccc(C=C(Cl)c2nc3ccccc3[nH]2)cc1. The summed E-state index contributed by atoms with van der Waals surface area (Å²) in [5, 5.41) is 0.502. The molecule has 22 heavy (non-hydrogen) atoms. The lowest BCUT2D eigenvalue weighted by molar-refractivity contribution is 0.0601. The Morgan fingerprint density at radius 3 is 2.59 bits per heavy atom. The molecule has 0 saturated heterocycles. The van der Waals surface area contributed by atoms with Crippen molar-refractivity contribution < 1.29 is 9.53 Å². The molecule has 0 radical (unpaired) electrons. The number of ether oxygens (including phenoxy) is 1. The predicted octanol–water partition coefficient (Wildman–Crippen LogP) is 4.09. The predicted molar refractivity (Wildman–Crippen MR) is 87.6 cm³/mol. The summed E-state index contributed by atoms with van der Waals surface area (Å²) in [6, 6.07) is 14.7. The average Bonchev–Trinajstić information content (AvgIpc) is 2.99. The quantitative estimate of drug-likeness (QED) is 0.741. The molecule has 3 aromatic rings. The molecular weight excluding hydrogens is 300 g/mol. The molecule has 1 heterocycles. The summed E-state index contributed by atoms with van der Waals surface area (Å²) in [7, 11) is 1.36. The Bertz CT molecular complexity index is 817. The van der Waals surface area contributed by atoms with Crippen LogP contribution in [0.4, 0.5) is 0 Å². The normalized spacial score (nSPS) is 11.6. The number of aromatic nitrogens is 2. The smallest absolute Gasteiger partial charge is 0.337 e. The lowest BCUT2D eigenvalue weighted by atomic mass is 10.1. The number of carbonyl (C=O) groups is 1. The zero-order valence-corrected chi connectivity index (χ0v) is 12.6. The number of esters is 1. The van der Waals surface area contributed by atoms with Crippen molar-refractivity contribution in [3.63, 3.8) is 0 Å². The minimum Gasteiger partial charge on any atom is -0.465 e. The van der Waals surface area contributed by atoms with Gasteiger partial charge in [0, 0.05) is 0 Å². The van der Waals surface area contributed by atoms with E-state index in [0.717, 1.165) is 16.6 Å². The number of carbonyl (C=O) groups excluding carboxylic acids is 1. The molecule has 1 aromatic heterocycles. The third-order valence-electron chi connectivity index (χ3n) is 3.24. The van der Waals surface area contributed by atoms with Gasteiger partial charge < -0.3 is 9.72 Å². The van der Waals surface area contributed by atoms with Crippen LogP contribution in [0.2, 0.25) is 0 Å². The van der Waals surface area contributed by atoms with Gasteiger partial charge in [-0.1, -0.05) is 35.9 Å². The maximum Gasteiger partial charge on any atom is 0.337 e. The van der Waals surface area contributed by atoms with Crippen LogP contribution in [0.5, 0.6) is 0 Å². The van der Waals surface area contributed by atoms with Crippen molar-refractivity contribution in [1.82, 2.24) is 9.97 Å². The number of aromatic amines is 1. The van der Waals surface area contributed by atoms with Crippen LogP contribution in [0.3, 0.4) is 0 Å². The van der Waals surface area contributed by atoms with Crippen molar-refractivity contribution in [1.29, 1.82) is 0 Å². The minimum atomic E-state index is -0.362. The Morgan fingerprint density at radius 1 is 1.18 bits per heavy atom. The van der Waals surface area contributed by atoms with Crippen molar-refractivity contribution in [2.45, 2.75) is 0 Å². The van der Waals surface area contributed by atoms with Crippen LogP contribution in [0.15, 0.2) is 48.5 Å². The number of para-hydroxylation sites is 2. The van der Waals surface area contributed by atoms with Crippen molar-refractivity contribution in [2.24, 2.45) is 0 Å². The largest absolute Gasteiger partial charge is 0.465 e. The second-order valence-electron chi connectivity index (χ2n) is 4.71. The van der Waals surface area contributed by atoms with E-state index in [0.29, 0.717) is 16.4 Å².